The van der Waals surface area contributed by atoms with Gasteiger partial charge in [0.2, 0.25) is 11.9 Å². The standard InChI is InChI=1S/C29H27ClN4O2/c1-19-7-13-24(14-8-19)34-17-26(21-9-11-22(30)12-10-21)31-29(34)32-27(35)18-33(23-15-16-23)28(36)25-6-4-3-5-20(25)2/h3-14,17,23H,15-16,18H2,1-2H3,(H,31,32,35). The monoisotopic (exact) mass is 498 g/mol. The van der Waals surface area contributed by atoms with E-state index in [0.29, 0.717) is 22.2 Å². The summed E-state index contributed by atoms with van der Waals surface area (Å²) in [6, 6.07) is 23.0. The maximum atomic E-state index is 13.3. The van der Waals surface area contributed by atoms with E-state index in [0.717, 1.165) is 35.2 Å². The molecule has 1 saturated carbocycles. The molecular weight excluding hydrogens is 472 g/mol. The Balaban J connectivity index is 1.42. The van der Waals surface area contributed by atoms with Crippen molar-refractivity contribution in [1.29, 1.82) is 0 Å². The van der Waals surface area contributed by atoms with E-state index in [-0.39, 0.29) is 24.4 Å². The third-order valence-corrected chi connectivity index (χ3v) is 6.60. The van der Waals surface area contributed by atoms with Crippen LogP contribution in [0.15, 0.2) is 79.0 Å². The summed E-state index contributed by atoms with van der Waals surface area (Å²) in [6.45, 7) is 3.90. The van der Waals surface area contributed by atoms with Crippen LogP contribution in [0.5, 0.6) is 0 Å². The van der Waals surface area contributed by atoms with Gasteiger partial charge >= 0.3 is 0 Å². The molecule has 0 spiro atoms. The van der Waals surface area contributed by atoms with Crippen LogP contribution in [0.1, 0.15) is 34.3 Å². The molecular formula is C29H27ClN4O2. The van der Waals surface area contributed by atoms with Crippen molar-refractivity contribution in [2.75, 3.05) is 11.9 Å². The number of imidazole rings is 1. The number of amides is 2. The second-order valence-electron chi connectivity index (χ2n) is 9.19. The van der Waals surface area contributed by atoms with Gasteiger partial charge in [-0.25, -0.2) is 4.98 Å². The Morgan fingerprint density at radius 1 is 1.00 bits per heavy atom. The van der Waals surface area contributed by atoms with Crippen LogP contribution >= 0.6 is 11.6 Å². The first kappa shape index (κ1) is 23.8. The van der Waals surface area contributed by atoms with Gasteiger partial charge in [0.1, 0.15) is 6.54 Å². The molecule has 0 saturated heterocycles. The molecule has 0 atom stereocenters. The molecule has 0 radical (unpaired) electrons. The van der Waals surface area contributed by atoms with Crippen LogP contribution in [0.4, 0.5) is 5.95 Å². The Kier molecular flexibility index (Phi) is 6.61. The maximum Gasteiger partial charge on any atom is 0.254 e. The fraction of sp³-hybridized carbons (Fsp3) is 0.207. The third-order valence-electron chi connectivity index (χ3n) is 6.35. The predicted molar refractivity (Wildman–Crippen MR) is 143 cm³/mol. The molecule has 1 aliphatic rings. The van der Waals surface area contributed by atoms with Crippen LogP contribution < -0.4 is 5.32 Å². The number of carbonyl (C=O) groups excluding carboxylic acids is 2. The van der Waals surface area contributed by atoms with Gasteiger partial charge in [-0.05, 0) is 62.6 Å². The summed E-state index contributed by atoms with van der Waals surface area (Å²) >= 11 is 6.06. The Bertz CT molecular complexity index is 1410. The van der Waals surface area contributed by atoms with Crippen molar-refractivity contribution in [3.63, 3.8) is 0 Å². The number of rotatable bonds is 7. The molecule has 4 aromatic rings. The summed E-state index contributed by atoms with van der Waals surface area (Å²) in [5, 5.41) is 3.59. The Hall–Kier alpha value is -3.90. The molecule has 1 aliphatic carbocycles. The smallest absolute Gasteiger partial charge is 0.254 e. The number of anilines is 1. The van der Waals surface area contributed by atoms with Crippen LogP contribution in [0.3, 0.4) is 0 Å². The predicted octanol–water partition coefficient (Wildman–Crippen LogP) is 6.05. The molecule has 0 bridgehead atoms. The van der Waals surface area contributed by atoms with E-state index in [9.17, 15) is 9.59 Å². The highest BCUT2D eigenvalue weighted by molar-refractivity contribution is 6.30. The minimum Gasteiger partial charge on any atom is -0.326 e. The third kappa shape index (κ3) is 5.19. The zero-order chi connectivity index (χ0) is 25.2. The Morgan fingerprint density at radius 3 is 2.36 bits per heavy atom. The second-order valence-corrected chi connectivity index (χ2v) is 9.63. The summed E-state index contributed by atoms with van der Waals surface area (Å²) < 4.78 is 1.85. The molecule has 1 fully saturated rings. The van der Waals surface area contributed by atoms with Crippen molar-refractivity contribution in [3.8, 4) is 16.9 Å². The number of aromatic nitrogens is 2. The number of nitrogens with zero attached hydrogens (tertiary/aromatic N) is 3. The van der Waals surface area contributed by atoms with E-state index < -0.39 is 0 Å². The van der Waals surface area contributed by atoms with Gasteiger partial charge in [-0.15, -0.1) is 0 Å². The van der Waals surface area contributed by atoms with Gasteiger partial charge in [0.15, 0.2) is 0 Å². The summed E-state index contributed by atoms with van der Waals surface area (Å²) in [7, 11) is 0. The highest BCUT2D eigenvalue weighted by Crippen LogP contribution is 2.29. The van der Waals surface area contributed by atoms with Gasteiger partial charge in [-0.1, -0.05) is 59.6 Å². The number of carbonyl (C=O) groups is 2. The normalized spacial score (nSPS) is 12.9. The summed E-state index contributed by atoms with van der Waals surface area (Å²) in [5.74, 6) is -0.00665. The first-order chi connectivity index (χ1) is 17.4. The van der Waals surface area contributed by atoms with Crippen molar-refractivity contribution >= 4 is 29.4 Å². The molecule has 0 aliphatic heterocycles. The lowest BCUT2D eigenvalue weighted by molar-refractivity contribution is -0.117. The maximum absolute atomic E-state index is 13.3. The molecule has 6 nitrogen and oxygen atoms in total. The Labute approximate surface area is 215 Å². The molecule has 0 unspecified atom stereocenters. The van der Waals surface area contributed by atoms with Crippen LogP contribution in [-0.4, -0.2) is 38.9 Å². The van der Waals surface area contributed by atoms with Gasteiger partial charge in [-0.3, -0.25) is 19.5 Å². The first-order valence-corrected chi connectivity index (χ1v) is 12.4. The molecule has 1 N–H and O–H groups in total. The minimum absolute atomic E-state index is 0.0329. The number of nitrogens with one attached hydrogen (secondary N) is 1. The quantitative estimate of drug-likeness (QED) is 0.337. The van der Waals surface area contributed by atoms with Gasteiger partial charge in [0.05, 0.1) is 5.69 Å². The molecule has 1 aromatic heterocycles. The van der Waals surface area contributed by atoms with Crippen molar-refractivity contribution in [1.82, 2.24) is 14.5 Å². The first-order valence-electron chi connectivity index (χ1n) is 12.0. The molecule has 2 amide bonds. The van der Waals surface area contributed by atoms with Crippen molar-refractivity contribution < 1.29 is 9.59 Å². The Morgan fingerprint density at radius 2 is 1.69 bits per heavy atom. The van der Waals surface area contributed by atoms with Gasteiger partial charge in [-0.2, -0.15) is 0 Å². The molecule has 1 heterocycles. The van der Waals surface area contributed by atoms with E-state index in [1.54, 1.807) is 4.90 Å². The number of hydrogen-bond donors (Lipinski definition) is 1. The summed E-state index contributed by atoms with van der Waals surface area (Å²) in [6.07, 6.45) is 3.70. The van der Waals surface area contributed by atoms with Crippen LogP contribution in [0.25, 0.3) is 16.9 Å². The fourth-order valence-corrected chi connectivity index (χ4v) is 4.30. The summed E-state index contributed by atoms with van der Waals surface area (Å²) in [5.41, 5.74) is 5.13. The van der Waals surface area contributed by atoms with E-state index in [1.807, 2.05) is 97.4 Å². The zero-order valence-corrected chi connectivity index (χ0v) is 21.0. The van der Waals surface area contributed by atoms with Gasteiger partial charge in [0, 0.05) is 34.1 Å². The molecule has 5 rings (SSSR count). The molecule has 3 aromatic carbocycles. The highest BCUT2D eigenvalue weighted by atomic mass is 35.5. The fourth-order valence-electron chi connectivity index (χ4n) is 4.17. The van der Waals surface area contributed by atoms with Gasteiger partial charge in [0.25, 0.3) is 5.91 Å². The lowest BCUT2D eigenvalue weighted by Crippen LogP contribution is -2.40. The number of hydrogen-bond acceptors (Lipinski definition) is 3. The largest absolute Gasteiger partial charge is 0.326 e. The van der Waals surface area contributed by atoms with E-state index in [2.05, 4.69) is 5.32 Å². The van der Waals surface area contributed by atoms with E-state index in [4.69, 9.17) is 16.6 Å². The lowest BCUT2D eigenvalue weighted by Gasteiger charge is -2.22. The number of benzene rings is 3. The topological polar surface area (TPSA) is 67.2 Å². The average Bonchev–Trinajstić information content (AvgIpc) is 3.63. The van der Waals surface area contributed by atoms with Gasteiger partial charge < -0.3 is 4.90 Å². The number of halogens is 1. The van der Waals surface area contributed by atoms with E-state index in [1.165, 1.54) is 0 Å². The van der Waals surface area contributed by atoms with Crippen LogP contribution in [0, 0.1) is 13.8 Å². The van der Waals surface area contributed by atoms with E-state index >= 15 is 0 Å². The molecule has 182 valence electrons. The lowest BCUT2D eigenvalue weighted by atomic mass is 10.1. The second kappa shape index (κ2) is 9.99. The van der Waals surface area contributed by atoms with Crippen LogP contribution in [-0.2, 0) is 4.79 Å². The zero-order valence-electron chi connectivity index (χ0n) is 20.2. The van der Waals surface area contributed by atoms with Crippen molar-refractivity contribution in [2.24, 2.45) is 0 Å². The van der Waals surface area contributed by atoms with Crippen LogP contribution in [0.2, 0.25) is 5.02 Å². The molecule has 7 heteroatoms. The minimum atomic E-state index is -0.287. The number of aryl methyl sites for hydroxylation is 2. The average molecular weight is 499 g/mol. The highest BCUT2D eigenvalue weighted by Gasteiger charge is 2.35. The SMILES string of the molecule is Cc1ccc(-n2cc(-c3ccc(Cl)cc3)nc2NC(=O)CN(C(=O)c2ccccc2C)C2CC2)cc1. The summed E-state index contributed by atoms with van der Waals surface area (Å²) in [4.78, 5) is 32.9. The van der Waals surface area contributed by atoms with Crippen molar-refractivity contribution in [3.05, 3.63) is 101 Å². The van der Waals surface area contributed by atoms with Crippen molar-refractivity contribution in [2.45, 2.75) is 32.7 Å². The molecule has 36 heavy (non-hydrogen) atoms.